The van der Waals surface area contributed by atoms with Crippen LogP contribution in [0, 0.1) is 0 Å². The summed E-state index contributed by atoms with van der Waals surface area (Å²) in [7, 11) is 0. The molecule has 0 saturated carbocycles. The molecule has 23 heavy (non-hydrogen) atoms. The lowest BCUT2D eigenvalue weighted by Gasteiger charge is -2.26. The Labute approximate surface area is 142 Å². The van der Waals surface area contributed by atoms with Gasteiger partial charge in [0.25, 0.3) is 5.91 Å². The van der Waals surface area contributed by atoms with Crippen LogP contribution in [0.1, 0.15) is 30.1 Å². The van der Waals surface area contributed by atoms with Crippen molar-refractivity contribution in [1.29, 1.82) is 0 Å². The number of morpholine rings is 1. The Morgan fingerprint density at radius 2 is 1.87 bits per heavy atom. The zero-order valence-corrected chi connectivity index (χ0v) is 14.1. The SMILES string of the molecule is CCCC(N)C(=O)Nc1ccc(C(=O)N2CCOCC2)cc1.Cl. The molecule has 6 nitrogen and oxygen atoms in total. The molecule has 3 N–H and O–H groups in total. The molecule has 1 aromatic rings. The molecule has 2 rings (SSSR count). The lowest BCUT2D eigenvalue weighted by molar-refractivity contribution is -0.117. The van der Waals surface area contributed by atoms with Crippen LogP contribution < -0.4 is 11.1 Å². The second-order valence-corrected chi connectivity index (χ2v) is 5.37. The van der Waals surface area contributed by atoms with E-state index in [-0.39, 0.29) is 24.2 Å². The second-order valence-electron chi connectivity index (χ2n) is 5.37. The average Bonchev–Trinajstić information content (AvgIpc) is 2.56. The number of rotatable bonds is 5. The monoisotopic (exact) mass is 341 g/mol. The van der Waals surface area contributed by atoms with Gasteiger partial charge in [0.15, 0.2) is 0 Å². The number of anilines is 1. The van der Waals surface area contributed by atoms with Gasteiger partial charge in [-0.2, -0.15) is 0 Å². The maximum absolute atomic E-state index is 12.3. The average molecular weight is 342 g/mol. The van der Waals surface area contributed by atoms with Gasteiger partial charge in [-0.3, -0.25) is 9.59 Å². The van der Waals surface area contributed by atoms with Crippen LogP contribution in [0.5, 0.6) is 0 Å². The topological polar surface area (TPSA) is 84.7 Å². The predicted molar refractivity (Wildman–Crippen MR) is 91.9 cm³/mol. The summed E-state index contributed by atoms with van der Waals surface area (Å²) in [6, 6.07) is 6.39. The van der Waals surface area contributed by atoms with Crippen LogP contribution in [-0.2, 0) is 9.53 Å². The van der Waals surface area contributed by atoms with Gasteiger partial charge >= 0.3 is 0 Å². The fourth-order valence-corrected chi connectivity index (χ4v) is 2.32. The summed E-state index contributed by atoms with van der Waals surface area (Å²) in [5.74, 6) is -0.210. The highest BCUT2D eigenvalue weighted by atomic mass is 35.5. The van der Waals surface area contributed by atoms with Crippen molar-refractivity contribution in [3.63, 3.8) is 0 Å². The number of halogens is 1. The molecule has 0 bridgehead atoms. The molecule has 2 amide bonds. The molecule has 1 fully saturated rings. The number of hydrogen-bond donors (Lipinski definition) is 2. The molecule has 1 saturated heterocycles. The second kappa shape index (κ2) is 9.50. The number of nitrogens with zero attached hydrogens (tertiary/aromatic N) is 1. The summed E-state index contributed by atoms with van der Waals surface area (Å²) in [6.07, 6.45) is 1.51. The Balaban J connectivity index is 0.00000264. The van der Waals surface area contributed by atoms with Crippen molar-refractivity contribution in [3.8, 4) is 0 Å². The minimum atomic E-state index is -0.500. The Morgan fingerprint density at radius 1 is 1.26 bits per heavy atom. The number of amides is 2. The van der Waals surface area contributed by atoms with Gasteiger partial charge in [-0.05, 0) is 30.7 Å². The largest absolute Gasteiger partial charge is 0.378 e. The van der Waals surface area contributed by atoms with Gasteiger partial charge in [0.2, 0.25) is 5.91 Å². The van der Waals surface area contributed by atoms with Gasteiger partial charge in [0.05, 0.1) is 19.3 Å². The summed E-state index contributed by atoms with van der Waals surface area (Å²) >= 11 is 0. The normalized spacial score (nSPS) is 15.5. The van der Waals surface area contributed by atoms with E-state index in [1.165, 1.54) is 0 Å². The first kappa shape index (κ1) is 19.4. The molecule has 1 aliphatic rings. The van der Waals surface area contributed by atoms with Gasteiger partial charge in [0.1, 0.15) is 0 Å². The van der Waals surface area contributed by atoms with Crippen molar-refractivity contribution in [3.05, 3.63) is 29.8 Å². The first-order chi connectivity index (χ1) is 10.6. The third-order valence-electron chi connectivity index (χ3n) is 3.63. The molecule has 0 aromatic heterocycles. The van der Waals surface area contributed by atoms with E-state index in [0.717, 1.165) is 6.42 Å². The smallest absolute Gasteiger partial charge is 0.254 e. The van der Waals surface area contributed by atoms with Crippen LogP contribution in [0.3, 0.4) is 0 Å². The fraction of sp³-hybridized carbons (Fsp3) is 0.500. The van der Waals surface area contributed by atoms with Crippen molar-refractivity contribution >= 4 is 29.9 Å². The van der Waals surface area contributed by atoms with Crippen LogP contribution in [0.25, 0.3) is 0 Å². The first-order valence-electron chi connectivity index (χ1n) is 7.65. The van der Waals surface area contributed by atoms with E-state index in [9.17, 15) is 9.59 Å². The molecule has 1 aromatic carbocycles. The molecule has 0 radical (unpaired) electrons. The standard InChI is InChI=1S/C16H23N3O3.ClH/c1-2-3-14(17)15(20)18-13-6-4-12(5-7-13)16(21)19-8-10-22-11-9-19;/h4-7,14H,2-3,8-11,17H2,1H3,(H,18,20);1H. The van der Waals surface area contributed by atoms with E-state index < -0.39 is 6.04 Å². The zero-order valence-electron chi connectivity index (χ0n) is 13.3. The Hall–Kier alpha value is -1.63. The first-order valence-corrected chi connectivity index (χ1v) is 7.65. The van der Waals surface area contributed by atoms with Crippen LogP contribution in [0.15, 0.2) is 24.3 Å². The summed E-state index contributed by atoms with van der Waals surface area (Å²) in [4.78, 5) is 25.9. The quantitative estimate of drug-likeness (QED) is 0.852. The lowest BCUT2D eigenvalue weighted by Crippen LogP contribution is -2.40. The molecule has 1 atom stereocenters. The molecule has 0 spiro atoms. The maximum Gasteiger partial charge on any atom is 0.254 e. The van der Waals surface area contributed by atoms with Gasteiger partial charge in [-0.1, -0.05) is 13.3 Å². The lowest BCUT2D eigenvalue weighted by atomic mass is 10.1. The Kier molecular flexibility index (Phi) is 8.02. The molecule has 1 heterocycles. The highest BCUT2D eigenvalue weighted by Gasteiger charge is 2.18. The zero-order chi connectivity index (χ0) is 15.9. The van der Waals surface area contributed by atoms with E-state index in [2.05, 4.69) is 5.32 Å². The van der Waals surface area contributed by atoms with Crippen molar-refractivity contribution in [2.75, 3.05) is 31.6 Å². The molecule has 1 aliphatic heterocycles. The summed E-state index contributed by atoms with van der Waals surface area (Å²) in [6.45, 7) is 4.37. The Morgan fingerprint density at radius 3 is 2.43 bits per heavy atom. The third kappa shape index (κ3) is 5.49. The third-order valence-corrected chi connectivity index (χ3v) is 3.63. The van der Waals surface area contributed by atoms with Crippen molar-refractivity contribution in [2.45, 2.75) is 25.8 Å². The van der Waals surface area contributed by atoms with Crippen molar-refractivity contribution < 1.29 is 14.3 Å². The van der Waals surface area contributed by atoms with Crippen molar-refractivity contribution in [2.24, 2.45) is 5.73 Å². The van der Waals surface area contributed by atoms with Crippen molar-refractivity contribution in [1.82, 2.24) is 4.90 Å². The number of nitrogens with one attached hydrogen (secondary N) is 1. The number of benzene rings is 1. The van der Waals surface area contributed by atoms with E-state index >= 15 is 0 Å². The van der Waals surface area contributed by atoms with E-state index in [4.69, 9.17) is 10.5 Å². The molecule has 0 aliphatic carbocycles. The van der Waals surface area contributed by atoms with Crippen LogP contribution in [0.2, 0.25) is 0 Å². The number of carbonyl (C=O) groups is 2. The molecule has 128 valence electrons. The summed E-state index contributed by atoms with van der Waals surface area (Å²) < 4.78 is 5.24. The van der Waals surface area contributed by atoms with Crippen LogP contribution in [0.4, 0.5) is 5.69 Å². The van der Waals surface area contributed by atoms with Gasteiger partial charge in [-0.25, -0.2) is 0 Å². The molecule has 1 unspecified atom stereocenters. The molecular formula is C16H24ClN3O3. The highest BCUT2D eigenvalue weighted by molar-refractivity contribution is 5.97. The summed E-state index contributed by atoms with van der Waals surface area (Å²) in [5.41, 5.74) is 7.02. The van der Waals surface area contributed by atoms with E-state index in [1.807, 2.05) is 6.92 Å². The minimum absolute atomic E-state index is 0. The number of nitrogens with two attached hydrogens (primary N) is 1. The van der Waals surface area contributed by atoms with Crippen LogP contribution >= 0.6 is 12.4 Å². The van der Waals surface area contributed by atoms with E-state index in [1.54, 1.807) is 29.2 Å². The number of ether oxygens (including phenoxy) is 1. The highest BCUT2D eigenvalue weighted by Crippen LogP contribution is 2.13. The fourth-order valence-electron chi connectivity index (χ4n) is 2.32. The minimum Gasteiger partial charge on any atom is -0.378 e. The molecular weight excluding hydrogens is 318 g/mol. The number of hydrogen-bond acceptors (Lipinski definition) is 4. The maximum atomic E-state index is 12.3. The Bertz CT molecular complexity index is 516. The predicted octanol–water partition coefficient (Wildman–Crippen LogP) is 1.65. The van der Waals surface area contributed by atoms with Gasteiger partial charge < -0.3 is 20.7 Å². The number of carbonyl (C=O) groups excluding carboxylic acids is 2. The van der Waals surface area contributed by atoms with Gasteiger partial charge in [0, 0.05) is 24.3 Å². The van der Waals surface area contributed by atoms with Gasteiger partial charge in [-0.15, -0.1) is 12.4 Å². The van der Waals surface area contributed by atoms with E-state index in [0.29, 0.717) is 44.0 Å². The molecule has 7 heteroatoms. The summed E-state index contributed by atoms with van der Waals surface area (Å²) in [5, 5.41) is 2.76. The van der Waals surface area contributed by atoms with Crippen LogP contribution in [-0.4, -0.2) is 49.1 Å².